The second-order valence-electron chi connectivity index (χ2n) is 8.76. The molecule has 2 aromatic heterocycles. The Morgan fingerprint density at radius 2 is 1.85 bits per heavy atom. The molecule has 5 aromatic rings. The number of halogens is 3. The number of rotatable bonds is 9. The van der Waals surface area contributed by atoms with Gasteiger partial charge in [0.2, 0.25) is 0 Å². The number of aliphatic hydroxyl groups excluding tert-OH is 1. The highest BCUT2D eigenvalue weighted by Gasteiger charge is 2.35. The molecule has 12 heteroatoms. The van der Waals surface area contributed by atoms with Crippen molar-refractivity contribution in [3.63, 3.8) is 0 Å². The van der Waals surface area contributed by atoms with E-state index in [2.05, 4.69) is 20.4 Å². The number of hydrogen-bond donors (Lipinski definition) is 3. The highest BCUT2D eigenvalue weighted by atomic mass is 19.4. The number of aliphatic hydroxyl groups is 1. The number of para-hydroxylation sites is 2. The number of alkyl halides is 3. The lowest BCUT2D eigenvalue weighted by Crippen LogP contribution is -2.16. The van der Waals surface area contributed by atoms with Gasteiger partial charge in [0.15, 0.2) is 11.6 Å². The summed E-state index contributed by atoms with van der Waals surface area (Å²) in [4.78, 5) is 20.9. The summed E-state index contributed by atoms with van der Waals surface area (Å²) in [6, 6.07) is 19.4. The molecule has 0 aliphatic rings. The Morgan fingerprint density at radius 1 is 1.07 bits per heavy atom. The average Bonchev–Trinajstić information content (AvgIpc) is 3.55. The number of benzene rings is 3. The van der Waals surface area contributed by atoms with E-state index < -0.39 is 30.0 Å². The molecule has 0 saturated carbocycles. The maximum absolute atomic E-state index is 13.6. The minimum absolute atomic E-state index is 0.128. The van der Waals surface area contributed by atoms with E-state index in [1.165, 1.54) is 6.07 Å². The first-order chi connectivity index (χ1) is 19.2. The number of amides is 1. The van der Waals surface area contributed by atoms with Gasteiger partial charge in [-0.1, -0.05) is 24.3 Å². The Morgan fingerprint density at radius 3 is 2.55 bits per heavy atom. The van der Waals surface area contributed by atoms with Gasteiger partial charge in [-0.3, -0.25) is 9.48 Å². The highest BCUT2D eigenvalue weighted by molar-refractivity contribution is 6.04. The van der Waals surface area contributed by atoms with Crippen molar-refractivity contribution in [3.05, 3.63) is 89.5 Å². The van der Waals surface area contributed by atoms with Crippen LogP contribution in [0.5, 0.6) is 11.5 Å². The summed E-state index contributed by atoms with van der Waals surface area (Å²) in [7, 11) is 1.57. The van der Waals surface area contributed by atoms with E-state index in [1.54, 1.807) is 17.9 Å². The Bertz CT molecular complexity index is 1610. The van der Waals surface area contributed by atoms with E-state index >= 15 is 0 Å². The topological polar surface area (TPSA) is 114 Å². The number of anilines is 1. The first-order valence-corrected chi connectivity index (χ1v) is 12.2. The lowest BCUT2D eigenvalue weighted by Gasteiger charge is -2.14. The van der Waals surface area contributed by atoms with Crippen LogP contribution in [0.1, 0.15) is 21.5 Å². The molecule has 1 amide bonds. The molecule has 0 aliphatic heterocycles. The molecule has 0 saturated heterocycles. The number of carbonyl (C=O) groups excluding carboxylic acids is 1. The number of nitrogens with zero attached hydrogens (tertiary/aromatic N) is 3. The fourth-order valence-corrected chi connectivity index (χ4v) is 4.13. The molecule has 3 aromatic carbocycles. The molecular weight excluding hydrogens is 527 g/mol. The van der Waals surface area contributed by atoms with Gasteiger partial charge < -0.3 is 24.9 Å². The van der Waals surface area contributed by atoms with E-state index in [0.717, 1.165) is 22.7 Å². The van der Waals surface area contributed by atoms with Crippen LogP contribution in [0.3, 0.4) is 0 Å². The largest absolute Gasteiger partial charge is 0.497 e. The highest BCUT2D eigenvalue weighted by Crippen LogP contribution is 2.37. The number of hydrogen-bond acceptors (Lipinski definition) is 6. The van der Waals surface area contributed by atoms with Crippen molar-refractivity contribution < 1.29 is 32.5 Å². The zero-order valence-corrected chi connectivity index (χ0v) is 21.2. The van der Waals surface area contributed by atoms with Gasteiger partial charge in [-0.05, 0) is 48.0 Å². The normalized spacial score (nSPS) is 11.5. The first kappa shape index (κ1) is 26.8. The second-order valence-corrected chi connectivity index (χ2v) is 8.76. The summed E-state index contributed by atoms with van der Waals surface area (Å²) in [5, 5.41) is 16.0. The third kappa shape index (κ3) is 5.76. The van der Waals surface area contributed by atoms with Crippen LogP contribution in [0.2, 0.25) is 0 Å². The molecule has 0 spiro atoms. The minimum atomic E-state index is -4.77. The second kappa shape index (κ2) is 11.1. The molecule has 3 N–H and O–H groups in total. The predicted molar refractivity (Wildman–Crippen MR) is 141 cm³/mol. The number of ether oxygens (including phenoxy) is 2. The lowest BCUT2D eigenvalue weighted by molar-refractivity contribution is -0.139. The van der Waals surface area contributed by atoms with Gasteiger partial charge in [0.1, 0.15) is 23.8 Å². The summed E-state index contributed by atoms with van der Waals surface area (Å²) in [5.41, 5.74) is 1.64. The third-order valence-corrected chi connectivity index (χ3v) is 6.04. The van der Waals surface area contributed by atoms with Crippen LogP contribution in [0.4, 0.5) is 19.0 Å². The molecule has 206 valence electrons. The van der Waals surface area contributed by atoms with Gasteiger partial charge in [0.05, 0.1) is 36.9 Å². The van der Waals surface area contributed by atoms with Crippen molar-refractivity contribution in [1.29, 1.82) is 0 Å². The molecular formula is C28H24F3N5O4. The van der Waals surface area contributed by atoms with Gasteiger partial charge in [0.25, 0.3) is 5.91 Å². The Balaban J connectivity index is 1.47. The number of methoxy groups -OCH3 is 1. The summed E-state index contributed by atoms with van der Waals surface area (Å²) in [6.45, 7) is -0.446. The fourth-order valence-electron chi connectivity index (χ4n) is 4.13. The number of carbonyl (C=O) groups is 1. The van der Waals surface area contributed by atoms with Crippen molar-refractivity contribution >= 4 is 22.8 Å². The quantitative estimate of drug-likeness (QED) is 0.234. The van der Waals surface area contributed by atoms with Crippen molar-refractivity contribution in [2.24, 2.45) is 0 Å². The Labute approximate surface area is 226 Å². The first-order valence-electron chi connectivity index (χ1n) is 12.2. The van der Waals surface area contributed by atoms with Crippen LogP contribution in [-0.2, 0) is 12.7 Å². The number of fused-ring (bicyclic) bond motifs is 1. The van der Waals surface area contributed by atoms with E-state index in [9.17, 15) is 18.0 Å². The van der Waals surface area contributed by atoms with E-state index in [0.29, 0.717) is 29.9 Å². The summed E-state index contributed by atoms with van der Waals surface area (Å²) < 4.78 is 52.7. The van der Waals surface area contributed by atoms with Gasteiger partial charge in [-0.15, -0.1) is 0 Å². The number of aromatic nitrogens is 4. The molecule has 5 rings (SSSR count). The van der Waals surface area contributed by atoms with Crippen LogP contribution in [-0.4, -0.2) is 51.1 Å². The van der Waals surface area contributed by atoms with Crippen molar-refractivity contribution in [1.82, 2.24) is 19.7 Å². The summed E-state index contributed by atoms with van der Waals surface area (Å²) >= 11 is 0. The van der Waals surface area contributed by atoms with Crippen LogP contribution < -0.4 is 14.8 Å². The molecule has 40 heavy (non-hydrogen) atoms. The van der Waals surface area contributed by atoms with Crippen molar-refractivity contribution in [2.45, 2.75) is 12.7 Å². The van der Waals surface area contributed by atoms with E-state index in [-0.39, 0.29) is 18.0 Å². The molecule has 0 unspecified atom stereocenters. The molecule has 9 nitrogen and oxygen atoms in total. The predicted octanol–water partition coefficient (Wildman–Crippen LogP) is 5.13. The van der Waals surface area contributed by atoms with Crippen molar-refractivity contribution in [2.75, 3.05) is 25.6 Å². The van der Waals surface area contributed by atoms with Crippen molar-refractivity contribution in [3.8, 4) is 23.0 Å². The Kier molecular flexibility index (Phi) is 7.43. The smallest absolute Gasteiger partial charge is 0.419 e. The monoisotopic (exact) mass is 551 g/mol. The number of aromatic amines is 1. The molecule has 0 atom stereocenters. The van der Waals surface area contributed by atoms with Crippen LogP contribution in [0, 0.1) is 0 Å². The zero-order valence-electron chi connectivity index (χ0n) is 21.2. The SMILES string of the molecule is COc1ccc(Cn2nc(NC(=O)c3ccc(OCCO)c(C(F)(F)F)c3)cc2-c2nc3ccccc3[nH]2)cc1. The van der Waals surface area contributed by atoms with Gasteiger partial charge in [-0.2, -0.15) is 18.3 Å². The van der Waals surface area contributed by atoms with E-state index in [4.69, 9.17) is 14.6 Å². The number of nitrogens with one attached hydrogen (secondary N) is 2. The molecule has 0 bridgehead atoms. The lowest BCUT2D eigenvalue weighted by atomic mass is 10.1. The van der Waals surface area contributed by atoms with Gasteiger partial charge in [-0.25, -0.2) is 4.98 Å². The summed E-state index contributed by atoms with van der Waals surface area (Å²) in [5.74, 6) is 0.0646. The fraction of sp³-hybridized carbons (Fsp3) is 0.179. The molecule has 0 aliphatic carbocycles. The number of H-pyrrole nitrogens is 1. The average molecular weight is 552 g/mol. The maximum Gasteiger partial charge on any atom is 0.419 e. The minimum Gasteiger partial charge on any atom is -0.497 e. The Hall–Kier alpha value is -4.84. The standard InChI is InChI=1S/C28H24F3N5O4/c1-39-19-9-6-17(7-10-19)16-36-23(26-32-21-4-2-3-5-22(21)33-26)15-25(35-36)34-27(38)18-8-11-24(40-13-12-37)20(14-18)28(29,30)31/h2-11,14-15,37H,12-13,16H2,1H3,(H,32,33)(H,34,35,38). The van der Waals surface area contributed by atoms with E-state index in [1.807, 2.05) is 48.5 Å². The van der Waals surface area contributed by atoms with Gasteiger partial charge >= 0.3 is 6.18 Å². The van der Waals surface area contributed by atoms with Crippen LogP contribution >= 0.6 is 0 Å². The zero-order chi connectivity index (χ0) is 28.3. The number of imidazole rings is 1. The molecule has 0 radical (unpaired) electrons. The van der Waals surface area contributed by atoms with Gasteiger partial charge in [0, 0.05) is 11.6 Å². The van der Waals surface area contributed by atoms with Crippen LogP contribution in [0.25, 0.3) is 22.6 Å². The summed E-state index contributed by atoms with van der Waals surface area (Å²) in [6.07, 6.45) is -4.77. The maximum atomic E-state index is 13.6. The molecule has 2 heterocycles. The molecule has 0 fully saturated rings. The third-order valence-electron chi connectivity index (χ3n) is 6.04. The van der Waals surface area contributed by atoms with Crippen LogP contribution in [0.15, 0.2) is 72.8 Å².